The van der Waals surface area contributed by atoms with Gasteiger partial charge in [0.05, 0.1) is 5.52 Å². The zero-order valence-electron chi connectivity index (χ0n) is 13.4. The van der Waals surface area contributed by atoms with E-state index in [0.717, 1.165) is 16.5 Å². The first-order valence-electron chi connectivity index (χ1n) is 7.51. The molecule has 0 aliphatic carbocycles. The molecule has 23 heavy (non-hydrogen) atoms. The smallest absolute Gasteiger partial charge is 0.261 e. The van der Waals surface area contributed by atoms with Gasteiger partial charge in [0.1, 0.15) is 5.75 Å². The highest BCUT2D eigenvalue weighted by atomic mass is 16.5. The number of carbonyl (C=O) groups is 1. The number of carbonyl (C=O) groups excluding carboxylic acids is 1. The lowest BCUT2D eigenvalue weighted by atomic mass is 10.1. The third kappa shape index (κ3) is 3.89. The Morgan fingerprint density at radius 2 is 2.30 bits per heavy atom. The highest BCUT2D eigenvalue weighted by molar-refractivity contribution is 5.85. The standard InChI is InChI=1S/C19H20N2O2/c1-5-8-20-19(22)17(7-3)23-16-9-13(4)18-15(11-16)10-14(6-2)12-21-18/h2,5,9-12,17H,1,7-8H2,3-4H3,(H,20,22). The van der Waals surface area contributed by atoms with E-state index in [1.54, 1.807) is 12.3 Å². The lowest BCUT2D eigenvalue weighted by Gasteiger charge is -2.17. The van der Waals surface area contributed by atoms with E-state index in [1.807, 2.05) is 32.0 Å². The number of hydrogen-bond donors (Lipinski definition) is 1. The number of rotatable bonds is 6. The van der Waals surface area contributed by atoms with Crippen molar-refractivity contribution in [3.05, 3.63) is 48.2 Å². The van der Waals surface area contributed by atoms with Crippen molar-refractivity contribution in [3.8, 4) is 18.1 Å². The molecule has 2 rings (SSSR count). The summed E-state index contributed by atoms with van der Waals surface area (Å²) in [4.78, 5) is 16.4. The quantitative estimate of drug-likeness (QED) is 0.659. The van der Waals surface area contributed by atoms with Gasteiger partial charge < -0.3 is 10.1 Å². The predicted molar refractivity (Wildman–Crippen MR) is 92.3 cm³/mol. The molecule has 1 amide bonds. The van der Waals surface area contributed by atoms with Gasteiger partial charge in [0.15, 0.2) is 6.10 Å². The molecule has 4 heteroatoms. The average molecular weight is 308 g/mol. The highest BCUT2D eigenvalue weighted by Crippen LogP contribution is 2.25. The predicted octanol–water partition coefficient (Wildman–Crippen LogP) is 2.98. The second-order valence-corrected chi connectivity index (χ2v) is 5.23. The Balaban J connectivity index is 2.30. The summed E-state index contributed by atoms with van der Waals surface area (Å²) < 4.78 is 5.86. The third-order valence-corrected chi connectivity index (χ3v) is 3.48. The molecule has 1 unspecified atom stereocenters. The van der Waals surface area contributed by atoms with Gasteiger partial charge in [0.25, 0.3) is 5.91 Å². The van der Waals surface area contributed by atoms with E-state index in [0.29, 0.717) is 24.3 Å². The number of benzene rings is 1. The Bertz CT molecular complexity index is 775. The lowest BCUT2D eigenvalue weighted by Crippen LogP contribution is -2.38. The molecule has 118 valence electrons. The Hall–Kier alpha value is -2.80. The van der Waals surface area contributed by atoms with E-state index >= 15 is 0 Å². The van der Waals surface area contributed by atoms with Crippen molar-refractivity contribution < 1.29 is 9.53 Å². The van der Waals surface area contributed by atoms with Gasteiger partial charge in [0.2, 0.25) is 0 Å². The van der Waals surface area contributed by atoms with Crippen molar-refractivity contribution >= 4 is 16.8 Å². The van der Waals surface area contributed by atoms with Crippen LogP contribution in [-0.2, 0) is 4.79 Å². The van der Waals surface area contributed by atoms with Gasteiger partial charge in [-0.3, -0.25) is 9.78 Å². The largest absolute Gasteiger partial charge is 0.481 e. The van der Waals surface area contributed by atoms with Crippen molar-refractivity contribution in [2.45, 2.75) is 26.4 Å². The fourth-order valence-electron chi connectivity index (χ4n) is 2.32. The van der Waals surface area contributed by atoms with Crippen molar-refractivity contribution in [1.29, 1.82) is 0 Å². The van der Waals surface area contributed by atoms with Gasteiger partial charge in [0, 0.05) is 23.7 Å². The first-order chi connectivity index (χ1) is 11.1. The Morgan fingerprint density at radius 1 is 1.52 bits per heavy atom. The normalized spacial score (nSPS) is 11.5. The summed E-state index contributed by atoms with van der Waals surface area (Å²) in [5, 5.41) is 3.65. The van der Waals surface area contributed by atoms with Crippen molar-refractivity contribution in [2.75, 3.05) is 6.54 Å². The second-order valence-electron chi connectivity index (χ2n) is 5.23. The molecule has 2 aromatic rings. The number of nitrogens with one attached hydrogen (secondary N) is 1. The molecule has 1 aromatic carbocycles. The number of fused-ring (bicyclic) bond motifs is 1. The zero-order valence-corrected chi connectivity index (χ0v) is 13.4. The minimum atomic E-state index is -0.546. The van der Waals surface area contributed by atoms with Crippen LogP contribution in [0, 0.1) is 19.3 Å². The summed E-state index contributed by atoms with van der Waals surface area (Å²) >= 11 is 0. The minimum absolute atomic E-state index is 0.152. The van der Waals surface area contributed by atoms with Crippen LogP contribution in [0.15, 0.2) is 37.1 Å². The molecule has 0 aliphatic heterocycles. The van der Waals surface area contributed by atoms with Gasteiger partial charge in [-0.1, -0.05) is 18.9 Å². The summed E-state index contributed by atoms with van der Waals surface area (Å²) in [7, 11) is 0. The molecule has 0 saturated heterocycles. The lowest BCUT2D eigenvalue weighted by molar-refractivity contribution is -0.127. The molecule has 0 saturated carbocycles. The van der Waals surface area contributed by atoms with E-state index in [9.17, 15) is 4.79 Å². The Labute approximate surface area is 136 Å². The zero-order chi connectivity index (χ0) is 16.8. The van der Waals surface area contributed by atoms with Gasteiger partial charge >= 0.3 is 0 Å². The number of aromatic nitrogens is 1. The molecule has 4 nitrogen and oxygen atoms in total. The van der Waals surface area contributed by atoms with Crippen molar-refractivity contribution in [1.82, 2.24) is 10.3 Å². The van der Waals surface area contributed by atoms with Crippen LogP contribution in [0.25, 0.3) is 10.9 Å². The number of hydrogen-bond acceptors (Lipinski definition) is 3. The second kappa shape index (κ2) is 7.46. The highest BCUT2D eigenvalue weighted by Gasteiger charge is 2.18. The van der Waals surface area contributed by atoms with E-state index in [2.05, 4.69) is 22.8 Å². The number of amides is 1. The summed E-state index contributed by atoms with van der Waals surface area (Å²) in [5.74, 6) is 3.05. The van der Waals surface area contributed by atoms with Crippen LogP contribution < -0.4 is 10.1 Å². The molecule has 1 aromatic heterocycles. The molecule has 0 fully saturated rings. The summed E-state index contributed by atoms with van der Waals surface area (Å²) in [5.41, 5.74) is 2.56. The number of ether oxygens (including phenoxy) is 1. The maximum Gasteiger partial charge on any atom is 0.261 e. The van der Waals surface area contributed by atoms with Crippen LogP contribution >= 0.6 is 0 Å². The monoisotopic (exact) mass is 308 g/mol. The van der Waals surface area contributed by atoms with E-state index in [4.69, 9.17) is 11.2 Å². The third-order valence-electron chi connectivity index (χ3n) is 3.48. The number of aryl methyl sites for hydroxylation is 1. The fraction of sp³-hybridized carbons (Fsp3) is 0.263. The van der Waals surface area contributed by atoms with Crippen LogP contribution in [0.3, 0.4) is 0 Å². The van der Waals surface area contributed by atoms with Gasteiger partial charge in [-0.15, -0.1) is 13.0 Å². The summed E-state index contributed by atoms with van der Waals surface area (Å²) in [6.45, 7) is 7.87. The molecular formula is C19H20N2O2. The average Bonchev–Trinajstić information content (AvgIpc) is 2.56. The number of nitrogens with zero attached hydrogens (tertiary/aromatic N) is 1. The van der Waals surface area contributed by atoms with E-state index < -0.39 is 6.10 Å². The first-order valence-corrected chi connectivity index (χ1v) is 7.51. The molecular weight excluding hydrogens is 288 g/mol. The SMILES string of the molecule is C#Cc1cnc2c(C)cc(OC(CC)C(=O)NCC=C)cc2c1. The molecule has 1 atom stereocenters. The first kappa shape index (κ1) is 16.6. The van der Waals surface area contributed by atoms with Crippen molar-refractivity contribution in [2.24, 2.45) is 0 Å². The molecule has 1 heterocycles. The van der Waals surface area contributed by atoms with Gasteiger partial charge in [-0.25, -0.2) is 0 Å². The van der Waals surface area contributed by atoms with Crippen LogP contribution in [0.1, 0.15) is 24.5 Å². The Kier molecular flexibility index (Phi) is 5.37. The molecule has 0 aliphatic rings. The maximum absolute atomic E-state index is 12.1. The van der Waals surface area contributed by atoms with Crippen LogP contribution in [0.4, 0.5) is 0 Å². The Morgan fingerprint density at radius 3 is 2.96 bits per heavy atom. The molecule has 1 N–H and O–H groups in total. The van der Waals surface area contributed by atoms with Gasteiger partial charge in [-0.2, -0.15) is 0 Å². The topological polar surface area (TPSA) is 51.2 Å². The number of terminal acetylenes is 1. The number of pyridine rings is 1. The maximum atomic E-state index is 12.1. The van der Waals surface area contributed by atoms with Crippen molar-refractivity contribution in [3.63, 3.8) is 0 Å². The molecule has 0 bridgehead atoms. The van der Waals surface area contributed by atoms with E-state index in [1.165, 1.54) is 0 Å². The summed E-state index contributed by atoms with van der Waals surface area (Å²) in [6.07, 6.45) is 8.76. The molecule has 0 spiro atoms. The van der Waals surface area contributed by atoms with E-state index in [-0.39, 0.29) is 5.91 Å². The van der Waals surface area contributed by atoms with Gasteiger partial charge in [-0.05, 0) is 37.1 Å². The van der Waals surface area contributed by atoms with Crippen LogP contribution in [0.5, 0.6) is 5.75 Å². The minimum Gasteiger partial charge on any atom is -0.481 e. The van der Waals surface area contributed by atoms with Crippen LogP contribution in [0.2, 0.25) is 0 Å². The molecule has 0 radical (unpaired) electrons. The fourth-order valence-corrected chi connectivity index (χ4v) is 2.32. The summed E-state index contributed by atoms with van der Waals surface area (Å²) in [6, 6.07) is 5.63. The van der Waals surface area contributed by atoms with Crippen LogP contribution in [-0.4, -0.2) is 23.5 Å².